The average Bonchev–Trinajstić information content (AvgIpc) is 2.81. The van der Waals surface area contributed by atoms with Gasteiger partial charge in [0.1, 0.15) is 13.2 Å². The molecule has 0 radical (unpaired) electrons. The zero-order valence-corrected chi connectivity index (χ0v) is 17.9. The Hall–Kier alpha value is -4.58. The molecule has 34 heavy (non-hydrogen) atoms. The van der Waals surface area contributed by atoms with Crippen molar-refractivity contribution >= 4 is 17.1 Å². The van der Waals surface area contributed by atoms with Gasteiger partial charge < -0.3 is 14.6 Å². The second kappa shape index (κ2) is 10.4. The van der Waals surface area contributed by atoms with Crippen molar-refractivity contribution in [3.05, 3.63) is 107 Å². The molecule has 0 aromatic heterocycles. The van der Waals surface area contributed by atoms with Crippen molar-refractivity contribution in [2.24, 2.45) is 0 Å². The van der Waals surface area contributed by atoms with Gasteiger partial charge in [0.15, 0.2) is 11.5 Å². The monoisotopic (exact) mass is 469 g/mol. The van der Waals surface area contributed by atoms with E-state index in [9.17, 15) is 35.4 Å². The molecule has 0 saturated carbocycles. The van der Waals surface area contributed by atoms with Crippen LogP contribution in [0.2, 0.25) is 0 Å². The highest BCUT2D eigenvalue weighted by molar-refractivity contribution is 5.53. The minimum Gasteiger partial charge on any atom is -0.482 e. The van der Waals surface area contributed by atoms with E-state index in [2.05, 4.69) is 0 Å². The van der Waals surface area contributed by atoms with Crippen LogP contribution in [-0.4, -0.2) is 19.9 Å². The van der Waals surface area contributed by atoms with Gasteiger partial charge in [-0.3, -0.25) is 30.3 Å². The number of rotatable bonds is 10. The lowest BCUT2D eigenvalue weighted by Crippen LogP contribution is -2.04. The van der Waals surface area contributed by atoms with Gasteiger partial charge in [-0.2, -0.15) is 0 Å². The summed E-state index contributed by atoms with van der Waals surface area (Å²) in [6.45, 7) is 1.25. The van der Waals surface area contributed by atoms with Crippen LogP contribution < -0.4 is 9.47 Å². The first-order valence-electron chi connectivity index (χ1n) is 9.84. The SMILES string of the molecule is Cc1ccc(OCc2cc(CO)cc(COc3ccc([N+](=O)[O-])cc3[N+](=O)[O-])c2)c([N+](=O)[O-])c1. The molecule has 0 unspecified atom stereocenters. The van der Waals surface area contributed by atoms with E-state index in [1.54, 1.807) is 31.2 Å². The molecule has 3 aromatic carbocycles. The molecule has 0 amide bonds. The first-order valence-corrected chi connectivity index (χ1v) is 9.84. The lowest BCUT2D eigenvalue weighted by molar-refractivity contribution is -0.394. The van der Waals surface area contributed by atoms with Crippen molar-refractivity contribution < 1.29 is 29.4 Å². The molecule has 1 N–H and O–H groups in total. The van der Waals surface area contributed by atoms with Gasteiger partial charge in [0, 0.05) is 12.1 Å². The van der Waals surface area contributed by atoms with Gasteiger partial charge >= 0.3 is 11.4 Å². The number of aryl methyl sites for hydroxylation is 1. The van der Waals surface area contributed by atoms with Crippen molar-refractivity contribution in [1.29, 1.82) is 0 Å². The van der Waals surface area contributed by atoms with Gasteiger partial charge in [0.05, 0.1) is 27.4 Å². The van der Waals surface area contributed by atoms with Crippen molar-refractivity contribution in [3.63, 3.8) is 0 Å². The Balaban J connectivity index is 1.80. The Bertz CT molecular complexity index is 1260. The molecule has 3 aromatic rings. The average molecular weight is 469 g/mol. The van der Waals surface area contributed by atoms with E-state index >= 15 is 0 Å². The number of nitro groups is 3. The van der Waals surface area contributed by atoms with E-state index in [1.165, 1.54) is 12.1 Å². The number of benzene rings is 3. The van der Waals surface area contributed by atoms with Crippen molar-refractivity contribution in [3.8, 4) is 11.5 Å². The molecule has 0 heterocycles. The molecule has 0 bridgehead atoms. The standard InChI is InChI=1S/C22H19N3O9/c1-14-2-4-21(19(6-14)24(29)30)33-12-16-7-15(11-26)8-17(9-16)13-34-22-5-3-18(23(27)28)10-20(22)25(31)32/h2-10,26H,11-13H2,1H3. The smallest absolute Gasteiger partial charge is 0.317 e. The number of hydrogen-bond donors (Lipinski definition) is 1. The summed E-state index contributed by atoms with van der Waals surface area (Å²) >= 11 is 0. The van der Waals surface area contributed by atoms with Crippen LogP contribution >= 0.6 is 0 Å². The van der Waals surface area contributed by atoms with E-state index in [-0.39, 0.29) is 37.0 Å². The lowest BCUT2D eigenvalue weighted by atomic mass is 10.1. The van der Waals surface area contributed by atoms with E-state index < -0.39 is 26.1 Å². The number of aliphatic hydroxyl groups excluding tert-OH is 1. The molecule has 176 valence electrons. The summed E-state index contributed by atoms with van der Waals surface area (Å²) in [6, 6.07) is 12.6. The van der Waals surface area contributed by atoms with Crippen molar-refractivity contribution in [2.45, 2.75) is 26.7 Å². The third-order valence-corrected chi connectivity index (χ3v) is 4.74. The van der Waals surface area contributed by atoms with Crippen LogP contribution in [0.1, 0.15) is 22.3 Å². The Morgan fingerprint density at radius 3 is 1.71 bits per heavy atom. The van der Waals surface area contributed by atoms with Crippen LogP contribution in [0.5, 0.6) is 11.5 Å². The van der Waals surface area contributed by atoms with Gasteiger partial charge in [0.2, 0.25) is 0 Å². The Morgan fingerprint density at radius 2 is 1.21 bits per heavy atom. The van der Waals surface area contributed by atoms with Crippen molar-refractivity contribution in [1.82, 2.24) is 0 Å². The first kappa shape index (κ1) is 24.1. The number of ether oxygens (including phenoxy) is 2. The first-order chi connectivity index (χ1) is 16.2. The Morgan fingerprint density at radius 1 is 0.706 bits per heavy atom. The number of non-ortho nitro benzene ring substituents is 1. The fourth-order valence-corrected chi connectivity index (χ4v) is 3.20. The van der Waals surface area contributed by atoms with E-state index in [0.717, 1.165) is 18.2 Å². The molecule has 0 atom stereocenters. The minimum atomic E-state index is -0.778. The molecule has 0 saturated heterocycles. The highest BCUT2D eigenvalue weighted by Gasteiger charge is 2.21. The van der Waals surface area contributed by atoms with Crippen LogP contribution in [-0.2, 0) is 19.8 Å². The fraction of sp³-hybridized carbons (Fsp3) is 0.182. The third-order valence-electron chi connectivity index (χ3n) is 4.74. The number of hydrogen-bond acceptors (Lipinski definition) is 9. The predicted molar refractivity (Wildman–Crippen MR) is 119 cm³/mol. The second-order valence-corrected chi connectivity index (χ2v) is 7.29. The summed E-state index contributed by atoms with van der Waals surface area (Å²) in [4.78, 5) is 31.4. The van der Waals surface area contributed by atoms with Crippen molar-refractivity contribution in [2.75, 3.05) is 0 Å². The van der Waals surface area contributed by atoms with Crippen LogP contribution in [0.3, 0.4) is 0 Å². The minimum absolute atomic E-state index is 0.0393. The molecule has 12 nitrogen and oxygen atoms in total. The largest absolute Gasteiger partial charge is 0.482 e. The number of aliphatic hydroxyl groups is 1. The van der Waals surface area contributed by atoms with Gasteiger partial charge in [-0.1, -0.05) is 18.2 Å². The molecular formula is C22H19N3O9. The number of nitrogens with zero attached hydrogens (tertiary/aromatic N) is 3. The molecule has 12 heteroatoms. The highest BCUT2D eigenvalue weighted by atomic mass is 16.6. The molecular weight excluding hydrogens is 450 g/mol. The van der Waals surface area contributed by atoms with Gasteiger partial charge in [0.25, 0.3) is 5.69 Å². The maximum atomic E-state index is 11.3. The van der Waals surface area contributed by atoms with Crippen LogP contribution in [0.25, 0.3) is 0 Å². The molecule has 0 aliphatic heterocycles. The topological polar surface area (TPSA) is 168 Å². The molecule has 0 fully saturated rings. The molecule has 3 rings (SSSR count). The van der Waals surface area contributed by atoms with Gasteiger partial charge in [-0.15, -0.1) is 0 Å². The van der Waals surface area contributed by atoms with E-state index in [0.29, 0.717) is 22.3 Å². The summed E-state index contributed by atoms with van der Waals surface area (Å²) in [6.07, 6.45) is 0. The lowest BCUT2D eigenvalue weighted by Gasteiger charge is -2.12. The van der Waals surface area contributed by atoms with Crippen LogP contribution in [0, 0.1) is 37.3 Å². The van der Waals surface area contributed by atoms with Crippen LogP contribution in [0.4, 0.5) is 17.1 Å². The van der Waals surface area contributed by atoms with Gasteiger partial charge in [-0.05, 0) is 47.4 Å². The summed E-state index contributed by atoms with van der Waals surface area (Å²) in [5, 5.41) is 43.0. The summed E-state index contributed by atoms with van der Waals surface area (Å²) < 4.78 is 11.1. The molecule has 0 aliphatic rings. The van der Waals surface area contributed by atoms with Gasteiger partial charge in [-0.25, -0.2) is 0 Å². The summed E-state index contributed by atoms with van der Waals surface area (Å²) in [5.74, 6) is -0.0672. The molecule has 0 spiro atoms. The predicted octanol–water partition coefficient (Wildman–Crippen LogP) is 4.37. The maximum Gasteiger partial charge on any atom is 0.317 e. The van der Waals surface area contributed by atoms with Crippen LogP contribution in [0.15, 0.2) is 54.6 Å². The maximum absolute atomic E-state index is 11.3. The van der Waals surface area contributed by atoms with E-state index in [1.807, 2.05) is 0 Å². The highest BCUT2D eigenvalue weighted by Crippen LogP contribution is 2.32. The summed E-state index contributed by atoms with van der Waals surface area (Å²) in [5.41, 5.74) is 1.17. The number of nitro benzene ring substituents is 3. The normalized spacial score (nSPS) is 10.5. The molecule has 0 aliphatic carbocycles. The zero-order valence-electron chi connectivity index (χ0n) is 17.9. The Kier molecular flexibility index (Phi) is 7.33. The van der Waals surface area contributed by atoms with E-state index in [4.69, 9.17) is 9.47 Å². The zero-order chi connectivity index (χ0) is 24.8. The second-order valence-electron chi connectivity index (χ2n) is 7.29. The Labute approximate surface area is 192 Å². The quantitative estimate of drug-likeness (QED) is 0.335. The summed E-state index contributed by atoms with van der Waals surface area (Å²) in [7, 11) is 0. The fourth-order valence-electron chi connectivity index (χ4n) is 3.20. The third kappa shape index (κ3) is 5.81.